The van der Waals surface area contributed by atoms with Crippen molar-refractivity contribution in [3.8, 4) is 0 Å². The summed E-state index contributed by atoms with van der Waals surface area (Å²) in [6.45, 7) is 6.09. The van der Waals surface area contributed by atoms with E-state index in [1.54, 1.807) is 0 Å². The molecule has 0 radical (unpaired) electrons. The van der Waals surface area contributed by atoms with Crippen molar-refractivity contribution in [1.82, 2.24) is 10.2 Å². The van der Waals surface area contributed by atoms with Crippen LogP contribution in [-0.2, 0) is 9.59 Å². The highest BCUT2D eigenvalue weighted by atomic mass is 16.2. The highest BCUT2D eigenvalue weighted by Gasteiger charge is 2.47. The Morgan fingerprint density at radius 2 is 1.80 bits per heavy atom. The first-order chi connectivity index (χ1) is 7.02. The summed E-state index contributed by atoms with van der Waals surface area (Å²) in [5.74, 6) is 0.314. The average Bonchev–Trinajstić information content (AvgIpc) is 2.83. The number of carbonyl (C=O) groups is 2. The molecule has 0 aromatic carbocycles. The van der Waals surface area contributed by atoms with Gasteiger partial charge in [0.15, 0.2) is 0 Å². The third kappa shape index (κ3) is 2.20. The number of rotatable bonds is 3. The van der Waals surface area contributed by atoms with Crippen molar-refractivity contribution in [3.63, 3.8) is 0 Å². The second-order valence-corrected chi connectivity index (χ2v) is 5.13. The lowest BCUT2D eigenvalue weighted by Gasteiger charge is -2.31. The first kappa shape index (κ1) is 10.6. The van der Waals surface area contributed by atoms with Gasteiger partial charge >= 0.3 is 0 Å². The fourth-order valence-electron chi connectivity index (χ4n) is 2.33. The molecule has 1 saturated heterocycles. The van der Waals surface area contributed by atoms with Gasteiger partial charge in [-0.05, 0) is 24.2 Å². The number of amides is 2. The van der Waals surface area contributed by atoms with Gasteiger partial charge in [0, 0.05) is 6.54 Å². The summed E-state index contributed by atoms with van der Waals surface area (Å²) < 4.78 is 0. The quantitative estimate of drug-likeness (QED) is 0.685. The Morgan fingerprint density at radius 3 is 2.20 bits per heavy atom. The van der Waals surface area contributed by atoms with Crippen LogP contribution in [0.2, 0.25) is 0 Å². The van der Waals surface area contributed by atoms with E-state index in [9.17, 15) is 9.59 Å². The lowest BCUT2D eigenvalue weighted by molar-refractivity contribution is -0.136. The second kappa shape index (κ2) is 3.59. The molecule has 1 aliphatic carbocycles. The number of carbonyl (C=O) groups excluding carboxylic acids is 2. The van der Waals surface area contributed by atoms with E-state index < -0.39 is 0 Å². The molecule has 1 aliphatic heterocycles. The van der Waals surface area contributed by atoms with Gasteiger partial charge in [-0.3, -0.25) is 19.8 Å². The highest BCUT2D eigenvalue weighted by molar-refractivity contribution is 5.99. The van der Waals surface area contributed by atoms with Gasteiger partial charge in [0.1, 0.15) is 0 Å². The Morgan fingerprint density at radius 1 is 1.27 bits per heavy atom. The third-order valence-electron chi connectivity index (χ3n) is 3.67. The normalized spacial score (nSPS) is 25.5. The van der Waals surface area contributed by atoms with E-state index in [0.717, 1.165) is 6.54 Å². The first-order valence-corrected chi connectivity index (χ1v) is 5.57. The van der Waals surface area contributed by atoms with Gasteiger partial charge in [-0.15, -0.1) is 0 Å². The molecule has 0 atom stereocenters. The van der Waals surface area contributed by atoms with Crippen LogP contribution in [-0.4, -0.2) is 36.3 Å². The van der Waals surface area contributed by atoms with Crippen LogP contribution in [0.4, 0.5) is 0 Å². The summed E-state index contributed by atoms with van der Waals surface area (Å²) in [7, 11) is 0. The van der Waals surface area contributed by atoms with Crippen LogP contribution < -0.4 is 5.32 Å². The van der Waals surface area contributed by atoms with Crippen molar-refractivity contribution in [1.29, 1.82) is 0 Å². The minimum absolute atomic E-state index is 0.161. The monoisotopic (exact) mass is 210 g/mol. The number of imide groups is 1. The molecule has 2 fully saturated rings. The summed E-state index contributed by atoms with van der Waals surface area (Å²) in [6, 6.07) is 0. The zero-order chi connectivity index (χ0) is 11.1. The predicted octanol–water partition coefficient (Wildman–Crippen LogP) is 0.381. The van der Waals surface area contributed by atoms with Crippen LogP contribution in [0.3, 0.4) is 0 Å². The Labute approximate surface area is 90.0 Å². The average molecular weight is 210 g/mol. The summed E-state index contributed by atoms with van der Waals surface area (Å²) in [5.41, 5.74) is 0.373. The highest BCUT2D eigenvalue weighted by Crippen LogP contribution is 2.52. The molecule has 1 saturated carbocycles. The smallest absolute Gasteiger partial charge is 0.240 e. The molecule has 4 nitrogen and oxygen atoms in total. The maximum atomic E-state index is 11.2. The molecular weight excluding hydrogens is 192 g/mol. The van der Waals surface area contributed by atoms with E-state index in [1.165, 1.54) is 12.8 Å². The molecule has 2 amide bonds. The largest absolute Gasteiger partial charge is 0.294 e. The predicted molar refractivity (Wildman–Crippen MR) is 56.1 cm³/mol. The molecule has 0 bridgehead atoms. The molecule has 15 heavy (non-hydrogen) atoms. The minimum atomic E-state index is -0.161. The topological polar surface area (TPSA) is 49.4 Å². The molecule has 4 heteroatoms. The number of piperazine rings is 1. The van der Waals surface area contributed by atoms with E-state index in [0.29, 0.717) is 24.4 Å². The van der Waals surface area contributed by atoms with Crippen LogP contribution in [0.5, 0.6) is 0 Å². The summed E-state index contributed by atoms with van der Waals surface area (Å²) in [4.78, 5) is 24.4. The molecule has 1 N–H and O–H groups in total. The lowest BCUT2D eigenvalue weighted by Crippen LogP contribution is -2.53. The second-order valence-electron chi connectivity index (χ2n) is 5.13. The van der Waals surface area contributed by atoms with Crippen LogP contribution in [0.25, 0.3) is 0 Å². The Kier molecular flexibility index (Phi) is 2.54. The van der Waals surface area contributed by atoms with Crippen molar-refractivity contribution in [2.45, 2.75) is 26.7 Å². The Hall–Kier alpha value is -0.900. The van der Waals surface area contributed by atoms with E-state index in [2.05, 4.69) is 19.2 Å². The Bertz CT molecular complexity index is 279. The van der Waals surface area contributed by atoms with E-state index in [1.807, 2.05) is 4.90 Å². The van der Waals surface area contributed by atoms with E-state index >= 15 is 0 Å². The molecule has 0 aromatic heterocycles. The van der Waals surface area contributed by atoms with Crippen LogP contribution in [0.15, 0.2) is 0 Å². The fourth-order valence-corrected chi connectivity index (χ4v) is 2.33. The van der Waals surface area contributed by atoms with E-state index in [4.69, 9.17) is 0 Å². The number of hydrogen-bond acceptors (Lipinski definition) is 3. The van der Waals surface area contributed by atoms with Gasteiger partial charge in [-0.25, -0.2) is 0 Å². The number of nitrogens with one attached hydrogen (secondary N) is 1. The van der Waals surface area contributed by atoms with Crippen molar-refractivity contribution in [3.05, 3.63) is 0 Å². The van der Waals surface area contributed by atoms with Crippen LogP contribution in [0.1, 0.15) is 26.7 Å². The molecule has 0 aromatic rings. The zero-order valence-corrected chi connectivity index (χ0v) is 9.38. The molecule has 1 heterocycles. The maximum Gasteiger partial charge on any atom is 0.240 e. The summed E-state index contributed by atoms with van der Waals surface area (Å²) in [5, 5.41) is 2.33. The van der Waals surface area contributed by atoms with Crippen LogP contribution >= 0.6 is 0 Å². The SMILES string of the molecule is CC(C)C1(CN2CC(=O)NC(=O)C2)CC1. The number of hydrogen-bond donors (Lipinski definition) is 1. The summed E-state index contributed by atoms with van der Waals surface area (Å²) in [6.07, 6.45) is 2.47. The molecule has 0 unspecified atom stereocenters. The molecule has 2 aliphatic rings. The fraction of sp³-hybridized carbons (Fsp3) is 0.818. The van der Waals surface area contributed by atoms with Crippen molar-refractivity contribution in [2.24, 2.45) is 11.3 Å². The molecular formula is C11H18N2O2. The minimum Gasteiger partial charge on any atom is -0.294 e. The lowest BCUT2D eigenvalue weighted by atomic mass is 9.91. The van der Waals surface area contributed by atoms with Crippen molar-refractivity contribution >= 4 is 11.8 Å². The number of nitrogens with zero attached hydrogens (tertiary/aromatic N) is 1. The van der Waals surface area contributed by atoms with Gasteiger partial charge in [0.05, 0.1) is 13.1 Å². The summed E-state index contributed by atoms with van der Waals surface area (Å²) >= 11 is 0. The van der Waals surface area contributed by atoms with Crippen molar-refractivity contribution < 1.29 is 9.59 Å². The molecule has 2 rings (SSSR count). The van der Waals surface area contributed by atoms with Gasteiger partial charge in [0.25, 0.3) is 0 Å². The van der Waals surface area contributed by atoms with Crippen molar-refractivity contribution in [2.75, 3.05) is 19.6 Å². The van der Waals surface area contributed by atoms with Crippen LogP contribution in [0, 0.1) is 11.3 Å². The van der Waals surface area contributed by atoms with Gasteiger partial charge in [-0.1, -0.05) is 13.8 Å². The van der Waals surface area contributed by atoms with Gasteiger partial charge < -0.3 is 0 Å². The van der Waals surface area contributed by atoms with Gasteiger partial charge in [0.2, 0.25) is 11.8 Å². The standard InChI is InChI=1S/C11H18N2O2/c1-8(2)11(3-4-11)7-13-5-9(14)12-10(15)6-13/h8H,3-7H2,1-2H3,(H,12,14,15). The molecule has 0 spiro atoms. The maximum absolute atomic E-state index is 11.2. The first-order valence-electron chi connectivity index (χ1n) is 5.57. The van der Waals surface area contributed by atoms with Gasteiger partial charge in [-0.2, -0.15) is 0 Å². The zero-order valence-electron chi connectivity index (χ0n) is 9.38. The van der Waals surface area contributed by atoms with E-state index in [-0.39, 0.29) is 11.8 Å². The molecule has 84 valence electrons. The Balaban J connectivity index is 1.94. The third-order valence-corrected chi connectivity index (χ3v) is 3.67.